The number of nitrogens with zero attached hydrogens (tertiary/aromatic N) is 1. The second-order valence-electron chi connectivity index (χ2n) is 6.12. The molecule has 0 spiro atoms. The maximum Gasteiger partial charge on any atom is 0.132 e. The Hall–Kier alpha value is -0.270. The van der Waals surface area contributed by atoms with E-state index in [-0.39, 0.29) is 24.6 Å². The quantitative estimate of drug-likeness (QED) is 0.816. The predicted molar refractivity (Wildman–Crippen MR) is 89.4 cm³/mol. The number of aliphatic hydroxyl groups is 1. The Morgan fingerprint density at radius 3 is 2.23 bits per heavy atom. The molecule has 0 saturated carbocycles. The van der Waals surface area contributed by atoms with Crippen LogP contribution in [0.25, 0.3) is 0 Å². The molecule has 0 radical (unpaired) electrons. The zero-order valence-corrected chi connectivity index (χ0v) is 15.1. The molecule has 126 valence electrons. The first-order valence-corrected chi connectivity index (χ1v) is 7.86. The Morgan fingerprint density at radius 2 is 1.77 bits per heavy atom. The van der Waals surface area contributed by atoms with E-state index in [9.17, 15) is 13.9 Å². The first-order chi connectivity index (χ1) is 9.86. The molecule has 1 aromatic carbocycles. The minimum absolute atomic E-state index is 0. The number of hydrogen-bond donors (Lipinski definition) is 2. The lowest BCUT2D eigenvalue weighted by atomic mass is 9.79. The van der Waals surface area contributed by atoms with Gasteiger partial charge in [0.1, 0.15) is 11.6 Å². The number of hydrogen-bond acceptors (Lipinski definition) is 3. The van der Waals surface area contributed by atoms with E-state index in [1.165, 1.54) is 12.1 Å². The maximum absolute atomic E-state index is 14.4. The Morgan fingerprint density at radius 1 is 1.27 bits per heavy atom. The molecule has 2 N–H and O–H groups in total. The molecular weight excluding hydrogens is 378 g/mol. The highest BCUT2D eigenvalue weighted by molar-refractivity contribution is 9.10. The van der Waals surface area contributed by atoms with Gasteiger partial charge in [-0.15, -0.1) is 12.4 Å². The van der Waals surface area contributed by atoms with Crippen LogP contribution in [-0.4, -0.2) is 42.8 Å². The first kappa shape index (κ1) is 19.8. The smallest absolute Gasteiger partial charge is 0.132 e. The number of halogens is 4. The van der Waals surface area contributed by atoms with Crippen molar-refractivity contribution in [3.05, 3.63) is 33.8 Å². The molecule has 1 aliphatic heterocycles. The van der Waals surface area contributed by atoms with Crippen LogP contribution in [-0.2, 0) is 0 Å². The van der Waals surface area contributed by atoms with Gasteiger partial charge in [-0.25, -0.2) is 8.78 Å². The number of nitrogens with one attached hydrogen (secondary N) is 1. The number of aliphatic hydroxyl groups excluding tert-OH is 1. The lowest BCUT2D eigenvalue weighted by Crippen LogP contribution is -2.50. The SMILES string of the molecule is CC(C)(CO)[C@@H](c1c(F)cc(Br)cc1F)N1CCNCC1.Cl. The summed E-state index contributed by atoms with van der Waals surface area (Å²) in [7, 11) is 0. The topological polar surface area (TPSA) is 35.5 Å². The largest absolute Gasteiger partial charge is 0.396 e. The molecule has 1 fully saturated rings. The summed E-state index contributed by atoms with van der Waals surface area (Å²) < 4.78 is 29.2. The molecule has 3 nitrogen and oxygen atoms in total. The van der Waals surface area contributed by atoms with Gasteiger partial charge in [-0.05, 0) is 12.1 Å². The minimum Gasteiger partial charge on any atom is -0.396 e. The molecule has 22 heavy (non-hydrogen) atoms. The van der Waals surface area contributed by atoms with Crippen molar-refractivity contribution >= 4 is 28.3 Å². The molecule has 1 aromatic rings. The van der Waals surface area contributed by atoms with Gasteiger partial charge >= 0.3 is 0 Å². The number of rotatable bonds is 4. The van der Waals surface area contributed by atoms with E-state index in [0.717, 1.165) is 13.1 Å². The molecule has 0 aliphatic carbocycles. The van der Waals surface area contributed by atoms with Gasteiger partial charge in [0.2, 0.25) is 0 Å². The average Bonchev–Trinajstić information content (AvgIpc) is 2.43. The van der Waals surface area contributed by atoms with Crippen LogP contribution in [0, 0.1) is 17.0 Å². The van der Waals surface area contributed by atoms with Crippen LogP contribution in [0.15, 0.2) is 16.6 Å². The fourth-order valence-electron chi connectivity index (χ4n) is 2.91. The summed E-state index contributed by atoms with van der Waals surface area (Å²) in [6.45, 7) is 6.47. The van der Waals surface area contributed by atoms with Gasteiger partial charge in [0.25, 0.3) is 0 Å². The van der Waals surface area contributed by atoms with Crippen molar-refractivity contribution in [2.45, 2.75) is 19.9 Å². The molecule has 0 amide bonds. The maximum atomic E-state index is 14.4. The summed E-state index contributed by atoms with van der Waals surface area (Å²) in [5.74, 6) is -1.15. The molecular formula is C15H22BrClF2N2O. The van der Waals surface area contributed by atoms with Gasteiger partial charge in [0.15, 0.2) is 0 Å². The van der Waals surface area contributed by atoms with Crippen molar-refractivity contribution in [3.63, 3.8) is 0 Å². The monoisotopic (exact) mass is 398 g/mol. The van der Waals surface area contributed by atoms with Crippen molar-refractivity contribution in [1.29, 1.82) is 0 Å². The van der Waals surface area contributed by atoms with Crippen LogP contribution in [0.2, 0.25) is 0 Å². The van der Waals surface area contributed by atoms with Crippen molar-refractivity contribution in [1.82, 2.24) is 10.2 Å². The van der Waals surface area contributed by atoms with E-state index >= 15 is 0 Å². The second-order valence-corrected chi connectivity index (χ2v) is 7.03. The van der Waals surface area contributed by atoms with E-state index in [4.69, 9.17) is 0 Å². The van der Waals surface area contributed by atoms with Gasteiger partial charge in [0, 0.05) is 54.3 Å². The summed E-state index contributed by atoms with van der Waals surface area (Å²) in [6, 6.07) is 2.06. The molecule has 0 unspecified atom stereocenters. The lowest BCUT2D eigenvalue weighted by molar-refractivity contribution is 0.0266. The second kappa shape index (κ2) is 8.02. The third-order valence-corrected chi connectivity index (χ3v) is 4.44. The zero-order chi connectivity index (χ0) is 15.6. The van der Waals surface area contributed by atoms with Crippen molar-refractivity contribution in [3.8, 4) is 0 Å². The Bertz CT molecular complexity index is 487. The normalized spacial score (nSPS) is 17.9. The summed E-state index contributed by atoms with van der Waals surface area (Å²) in [5.41, 5.74) is -0.605. The third-order valence-electron chi connectivity index (χ3n) is 3.98. The van der Waals surface area contributed by atoms with Crippen LogP contribution < -0.4 is 5.32 Å². The van der Waals surface area contributed by atoms with Gasteiger partial charge in [-0.3, -0.25) is 4.90 Å². The van der Waals surface area contributed by atoms with Crippen LogP contribution in [0.3, 0.4) is 0 Å². The number of benzene rings is 1. The highest BCUT2D eigenvalue weighted by Gasteiger charge is 2.39. The molecule has 1 aliphatic rings. The van der Waals surface area contributed by atoms with Gasteiger partial charge < -0.3 is 10.4 Å². The molecule has 2 rings (SSSR count). The Balaban J connectivity index is 0.00000242. The summed E-state index contributed by atoms with van der Waals surface area (Å²) in [5, 5.41) is 12.9. The van der Waals surface area contributed by atoms with E-state index < -0.39 is 23.1 Å². The van der Waals surface area contributed by atoms with Gasteiger partial charge in [0.05, 0.1) is 0 Å². The van der Waals surface area contributed by atoms with E-state index in [0.29, 0.717) is 17.6 Å². The molecule has 1 heterocycles. The van der Waals surface area contributed by atoms with Crippen LogP contribution in [0.5, 0.6) is 0 Å². The average molecular weight is 400 g/mol. The van der Waals surface area contributed by atoms with Crippen molar-refractivity contribution in [2.24, 2.45) is 5.41 Å². The fourth-order valence-corrected chi connectivity index (χ4v) is 3.31. The first-order valence-electron chi connectivity index (χ1n) is 7.07. The van der Waals surface area contributed by atoms with Crippen molar-refractivity contribution in [2.75, 3.05) is 32.8 Å². The van der Waals surface area contributed by atoms with Crippen LogP contribution in [0.1, 0.15) is 25.5 Å². The minimum atomic E-state index is -0.646. The predicted octanol–water partition coefficient (Wildman–Crippen LogP) is 3.11. The van der Waals surface area contributed by atoms with Gasteiger partial charge in [-0.2, -0.15) is 0 Å². The van der Waals surface area contributed by atoms with E-state index in [2.05, 4.69) is 21.2 Å². The highest BCUT2D eigenvalue weighted by atomic mass is 79.9. The van der Waals surface area contributed by atoms with Gasteiger partial charge in [-0.1, -0.05) is 29.8 Å². The van der Waals surface area contributed by atoms with E-state index in [1.54, 1.807) is 0 Å². The molecule has 1 saturated heterocycles. The molecule has 7 heteroatoms. The molecule has 1 atom stereocenters. The molecule has 0 aromatic heterocycles. The van der Waals surface area contributed by atoms with Crippen LogP contribution in [0.4, 0.5) is 8.78 Å². The summed E-state index contributed by atoms with van der Waals surface area (Å²) >= 11 is 3.11. The zero-order valence-electron chi connectivity index (χ0n) is 12.7. The van der Waals surface area contributed by atoms with E-state index in [1.807, 2.05) is 18.7 Å². The van der Waals surface area contributed by atoms with Crippen molar-refractivity contribution < 1.29 is 13.9 Å². The summed E-state index contributed by atoms with van der Waals surface area (Å²) in [6.07, 6.45) is 0. The summed E-state index contributed by atoms with van der Waals surface area (Å²) in [4.78, 5) is 2.04. The third kappa shape index (κ3) is 4.17. The Kier molecular flexibility index (Phi) is 7.20. The Labute approximate surface area is 144 Å². The molecule has 0 bridgehead atoms. The highest BCUT2D eigenvalue weighted by Crippen LogP contribution is 2.41. The lowest BCUT2D eigenvalue weighted by Gasteiger charge is -2.43. The number of piperazine rings is 1. The van der Waals surface area contributed by atoms with Crippen LogP contribution >= 0.6 is 28.3 Å². The fraction of sp³-hybridized carbons (Fsp3) is 0.600. The standard InChI is InChI=1S/C15H21BrF2N2O.ClH/c1-15(2,9-21)14(20-5-3-19-4-6-20)13-11(17)7-10(16)8-12(13)18;/h7-8,14,19,21H,3-6,9H2,1-2H3;1H/t14-;/m1./s1.